The van der Waals surface area contributed by atoms with E-state index in [-0.39, 0.29) is 24.4 Å². The van der Waals surface area contributed by atoms with Crippen molar-refractivity contribution in [1.29, 1.82) is 0 Å². The van der Waals surface area contributed by atoms with Gasteiger partial charge < -0.3 is 14.7 Å². The molecule has 2 aromatic rings. The quantitative estimate of drug-likeness (QED) is 0.545. The third-order valence-electron chi connectivity index (χ3n) is 5.82. The van der Waals surface area contributed by atoms with Gasteiger partial charge in [-0.05, 0) is 43.4 Å². The Morgan fingerprint density at radius 2 is 1.83 bits per heavy atom. The minimum atomic E-state index is -0.254. The minimum absolute atomic E-state index is 0.0229. The van der Waals surface area contributed by atoms with Crippen molar-refractivity contribution in [3.63, 3.8) is 0 Å². The van der Waals surface area contributed by atoms with Crippen LogP contribution in [0.25, 0.3) is 0 Å². The summed E-state index contributed by atoms with van der Waals surface area (Å²) >= 11 is 0. The van der Waals surface area contributed by atoms with Crippen molar-refractivity contribution >= 4 is 17.6 Å². The highest BCUT2D eigenvalue weighted by atomic mass is 16.5. The molecule has 2 amide bonds. The summed E-state index contributed by atoms with van der Waals surface area (Å²) in [5.74, 6) is 0.0357. The normalized spacial score (nSPS) is 14.4. The van der Waals surface area contributed by atoms with Crippen LogP contribution < -0.4 is 5.32 Å². The van der Waals surface area contributed by atoms with E-state index in [1.165, 1.54) is 43.9 Å². The van der Waals surface area contributed by atoms with E-state index in [2.05, 4.69) is 17.4 Å². The molecule has 0 bridgehead atoms. The maximum Gasteiger partial charge on any atom is 0.254 e. The van der Waals surface area contributed by atoms with Crippen LogP contribution in [-0.4, -0.2) is 34.5 Å². The highest BCUT2D eigenvalue weighted by Crippen LogP contribution is 2.24. The first kappa shape index (κ1) is 22.1. The highest BCUT2D eigenvalue weighted by molar-refractivity contribution is 5.99. The van der Waals surface area contributed by atoms with Gasteiger partial charge in [0.1, 0.15) is 12.8 Å². The molecule has 1 N–H and O–H groups in total. The molecule has 6 nitrogen and oxygen atoms in total. The highest BCUT2D eigenvalue weighted by Gasteiger charge is 2.28. The zero-order chi connectivity index (χ0) is 21.2. The summed E-state index contributed by atoms with van der Waals surface area (Å²) in [6.45, 7) is 2.24. The molecule has 3 rings (SSSR count). The Bertz CT molecular complexity index is 781. The van der Waals surface area contributed by atoms with Gasteiger partial charge in [-0.25, -0.2) is 0 Å². The summed E-state index contributed by atoms with van der Waals surface area (Å²) in [6.07, 6.45) is 12.6. The Labute approximate surface area is 179 Å². The van der Waals surface area contributed by atoms with Crippen LogP contribution in [0.5, 0.6) is 0 Å². The average molecular weight is 412 g/mol. The van der Waals surface area contributed by atoms with E-state index in [0.29, 0.717) is 11.4 Å². The van der Waals surface area contributed by atoms with Crippen LogP contribution in [0.1, 0.15) is 80.6 Å². The maximum atomic E-state index is 13.3. The Morgan fingerprint density at radius 3 is 2.50 bits per heavy atom. The third kappa shape index (κ3) is 6.44. The number of amides is 2. The Kier molecular flexibility index (Phi) is 8.48. The summed E-state index contributed by atoms with van der Waals surface area (Å²) in [5, 5.41) is 6.42. The molecular weight excluding hydrogens is 378 g/mol. The van der Waals surface area contributed by atoms with Crippen LogP contribution in [0.2, 0.25) is 0 Å². The molecule has 1 aliphatic carbocycles. The summed E-state index contributed by atoms with van der Waals surface area (Å²) in [6, 6.07) is 9.60. The fraction of sp³-hybridized carbons (Fsp3) is 0.542. The molecule has 0 atom stereocenters. The van der Waals surface area contributed by atoms with E-state index >= 15 is 0 Å². The lowest BCUT2D eigenvalue weighted by atomic mass is 9.93. The number of aromatic nitrogens is 1. The van der Waals surface area contributed by atoms with Crippen LogP contribution in [0.4, 0.5) is 5.82 Å². The third-order valence-corrected chi connectivity index (χ3v) is 5.82. The zero-order valence-corrected chi connectivity index (χ0v) is 17.9. The molecule has 1 heterocycles. The maximum absolute atomic E-state index is 13.3. The van der Waals surface area contributed by atoms with Crippen molar-refractivity contribution in [2.75, 3.05) is 11.9 Å². The number of unbranched alkanes of at least 4 members (excludes halogenated alkanes) is 3. The molecule has 0 unspecified atom stereocenters. The first-order valence-corrected chi connectivity index (χ1v) is 11.3. The monoisotopic (exact) mass is 411 g/mol. The van der Waals surface area contributed by atoms with E-state index in [0.717, 1.165) is 32.1 Å². The molecule has 1 fully saturated rings. The van der Waals surface area contributed by atoms with Gasteiger partial charge >= 0.3 is 0 Å². The molecule has 1 aromatic heterocycles. The number of hydrogen-bond acceptors (Lipinski definition) is 4. The lowest BCUT2D eigenvalue weighted by molar-refractivity contribution is -0.117. The molecule has 0 aliphatic heterocycles. The van der Waals surface area contributed by atoms with Gasteiger partial charge in [0.05, 0.1) is 0 Å². The van der Waals surface area contributed by atoms with Crippen molar-refractivity contribution in [1.82, 2.24) is 10.1 Å². The lowest BCUT2D eigenvalue weighted by Crippen LogP contribution is -2.45. The largest absolute Gasteiger partial charge is 0.363 e. The minimum Gasteiger partial charge on any atom is -0.363 e. The van der Waals surface area contributed by atoms with Crippen LogP contribution in [0.15, 0.2) is 41.1 Å². The number of carbonyl (C=O) groups is 2. The SMILES string of the molecule is CCCCCCc1ccc(C(=O)N(CC(=O)Nc2ccon2)C2CCCCC2)cc1. The van der Waals surface area contributed by atoms with Crippen molar-refractivity contribution in [2.45, 2.75) is 77.2 Å². The topological polar surface area (TPSA) is 75.4 Å². The molecular formula is C24H33N3O3. The summed E-state index contributed by atoms with van der Waals surface area (Å²) in [5.41, 5.74) is 1.91. The molecule has 0 saturated heterocycles. The molecule has 1 saturated carbocycles. The number of anilines is 1. The molecule has 162 valence electrons. The number of hydrogen-bond donors (Lipinski definition) is 1. The van der Waals surface area contributed by atoms with Crippen molar-refractivity contribution in [3.8, 4) is 0 Å². The van der Waals surface area contributed by atoms with Gasteiger partial charge in [0.15, 0.2) is 5.82 Å². The van der Waals surface area contributed by atoms with Gasteiger partial charge in [0.2, 0.25) is 5.91 Å². The molecule has 1 aliphatic rings. The van der Waals surface area contributed by atoms with Gasteiger partial charge in [0, 0.05) is 17.7 Å². The Hall–Kier alpha value is -2.63. The smallest absolute Gasteiger partial charge is 0.254 e. The number of rotatable bonds is 10. The average Bonchev–Trinajstić information content (AvgIpc) is 3.28. The Morgan fingerprint density at radius 1 is 1.07 bits per heavy atom. The van der Waals surface area contributed by atoms with Crippen LogP contribution in [-0.2, 0) is 11.2 Å². The molecule has 30 heavy (non-hydrogen) atoms. The number of nitrogens with zero attached hydrogens (tertiary/aromatic N) is 2. The van der Waals surface area contributed by atoms with Crippen molar-refractivity contribution < 1.29 is 14.1 Å². The predicted octanol–water partition coefficient (Wildman–Crippen LogP) is 5.21. The van der Waals surface area contributed by atoms with Gasteiger partial charge in [-0.2, -0.15) is 0 Å². The Balaban J connectivity index is 1.65. The molecule has 0 radical (unpaired) electrons. The second-order valence-corrected chi connectivity index (χ2v) is 8.17. The summed E-state index contributed by atoms with van der Waals surface area (Å²) in [7, 11) is 0. The van der Waals surface area contributed by atoms with E-state index in [9.17, 15) is 9.59 Å². The number of benzene rings is 1. The predicted molar refractivity (Wildman–Crippen MR) is 117 cm³/mol. The standard InChI is InChI=1S/C24H33N3O3/c1-2-3-4-6-9-19-12-14-20(15-13-19)24(29)27(21-10-7-5-8-11-21)18-23(28)25-22-16-17-30-26-22/h12-17,21H,2-11,18H2,1H3,(H,25,26,28). The van der Waals surface area contributed by atoms with Gasteiger partial charge in [-0.3, -0.25) is 9.59 Å². The molecule has 0 spiro atoms. The zero-order valence-electron chi connectivity index (χ0n) is 17.9. The van der Waals surface area contributed by atoms with Gasteiger partial charge in [-0.1, -0.05) is 62.7 Å². The summed E-state index contributed by atoms with van der Waals surface area (Å²) < 4.78 is 4.76. The second-order valence-electron chi connectivity index (χ2n) is 8.17. The van der Waals surface area contributed by atoms with Gasteiger partial charge in [0.25, 0.3) is 5.91 Å². The van der Waals surface area contributed by atoms with Gasteiger partial charge in [-0.15, -0.1) is 0 Å². The van der Waals surface area contributed by atoms with Crippen molar-refractivity contribution in [3.05, 3.63) is 47.7 Å². The first-order valence-electron chi connectivity index (χ1n) is 11.3. The molecule has 1 aromatic carbocycles. The number of carbonyl (C=O) groups excluding carboxylic acids is 2. The van der Waals surface area contributed by atoms with E-state index in [4.69, 9.17) is 4.52 Å². The van der Waals surface area contributed by atoms with Crippen LogP contribution in [0.3, 0.4) is 0 Å². The van der Waals surface area contributed by atoms with E-state index in [1.807, 2.05) is 24.3 Å². The van der Waals surface area contributed by atoms with Crippen LogP contribution in [0, 0.1) is 0 Å². The lowest BCUT2D eigenvalue weighted by Gasteiger charge is -2.34. The fourth-order valence-corrected chi connectivity index (χ4v) is 4.11. The van der Waals surface area contributed by atoms with Crippen molar-refractivity contribution in [2.24, 2.45) is 0 Å². The molecule has 6 heteroatoms. The van der Waals surface area contributed by atoms with E-state index < -0.39 is 0 Å². The first-order chi connectivity index (χ1) is 14.7. The number of aryl methyl sites for hydroxylation is 1. The second kappa shape index (κ2) is 11.5. The van der Waals surface area contributed by atoms with E-state index in [1.54, 1.807) is 11.0 Å². The van der Waals surface area contributed by atoms with Crippen LogP contribution >= 0.6 is 0 Å². The number of nitrogens with one attached hydrogen (secondary N) is 1. The summed E-state index contributed by atoms with van der Waals surface area (Å²) in [4.78, 5) is 27.6. The fourth-order valence-electron chi connectivity index (χ4n) is 4.11.